The van der Waals surface area contributed by atoms with Crippen molar-refractivity contribution in [1.29, 1.82) is 0 Å². The largest absolute Gasteiger partial charge is 0.305 e. The van der Waals surface area contributed by atoms with E-state index in [1.54, 1.807) is 11.3 Å². The molecule has 0 saturated carbocycles. The summed E-state index contributed by atoms with van der Waals surface area (Å²) < 4.78 is 0. The molecule has 21 heavy (non-hydrogen) atoms. The maximum Gasteiger partial charge on any atom is 0.0900 e. The predicted molar refractivity (Wildman–Crippen MR) is 88.6 cm³/mol. The zero-order chi connectivity index (χ0) is 14.8. The Morgan fingerprint density at radius 1 is 1.19 bits per heavy atom. The van der Waals surface area contributed by atoms with Gasteiger partial charge in [-0.15, -0.1) is 11.3 Å². The number of aryl methyl sites for hydroxylation is 2. The lowest BCUT2D eigenvalue weighted by atomic mass is 10.1. The molecule has 1 N–H and O–H groups in total. The molecule has 3 aromatic rings. The molecule has 0 aliphatic heterocycles. The van der Waals surface area contributed by atoms with E-state index < -0.39 is 0 Å². The highest BCUT2D eigenvalue weighted by Crippen LogP contribution is 2.25. The third-order valence-electron chi connectivity index (χ3n) is 3.68. The Labute approximate surface area is 129 Å². The maximum absolute atomic E-state index is 4.50. The molecule has 1 unspecified atom stereocenters. The van der Waals surface area contributed by atoms with Gasteiger partial charge in [-0.3, -0.25) is 4.98 Å². The number of thiazole rings is 1. The van der Waals surface area contributed by atoms with E-state index in [1.165, 1.54) is 21.2 Å². The van der Waals surface area contributed by atoms with Gasteiger partial charge in [0.25, 0.3) is 0 Å². The molecule has 0 bridgehead atoms. The van der Waals surface area contributed by atoms with Gasteiger partial charge in [0.15, 0.2) is 0 Å². The van der Waals surface area contributed by atoms with Crippen molar-refractivity contribution in [3.05, 3.63) is 57.8 Å². The standard InChI is InChI=1S/C17H19N3S/c1-11(17-12(2)20-13(3)21-17)19-10-15-9-18-8-14-6-4-5-7-16(14)15/h4-9,11,19H,10H2,1-3H3. The van der Waals surface area contributed by atoms with Crippen LogP contribution in [-0.4, -0.2) is 9.97 Å². The number of nitrogens with one attached hydrogen (secondary N) is 1. The molecule has 3 nitrogen and oxygen atoms in total. The Kier molecular flexibility index (Phi) is 3.99. The van der Waals surface area contributed by atoms with Crippen LogP contribution in [0.15, 0.2) is 36.7 Å². The fourth-order valence-electron chi connectivity index (χ4n) is 2.62. The van der Waals surface area contributed by atoms with Crippen LogP contribution >= 0.6 is 11.3 Å². The van der Waals surface area contributed by atoms with Crippen LogP contribution in [0.1, 0.15) is 34.1 Å². The highest BCUT2D eigenvalue weighted by atomic mass is 32.1. The Morgan fingerprint density at radius 3 is 2.76 bits per heavy atom. The fraction of sp³-hybridized carbons (Fsp3) is 0.294. The summed E-state index contributed by atoms with van der Waals surface area (Å²) in [6, 6.07) is 8.68. The molecular weight excluding hydrogens is 278 g/mol. The minimum absolute atomic E-state index is 0.301. The third kappa shape index (κ3) is 2.96. The molecule has 2 aromatic heterocycles. The highest BCUT2D eigenvalue weighted by molar-refractivity contribution is 7.11. The quantitative estimate of drug-likeness (QED) is 0.786. The maximum atomic E-state index is 4.50. The minimum Gasteiger partial charge on any atom is -0.305 e. The summed E-state index contributed by atoms with van der Waals surface area (Å²) in [5, 5.41) is 7.18. The molecule has 108 valence electrons. The van der Waals surface area contributed by atoms with Gasteiger partial charge in [-0.05, 0) is 31.7 Å². The van der Waals surface area contributed by atoms with Crippen LogP contribution < -0.4 is 5.32 Å². The lowest BCUT2D eigenvalue weighted by Crippen LogP contribution is -2.18. The molecule has 1 atom stereocenters. The van der Waals surface area contributed by atoms with E-state index in [-0.39, 0.29) is 0 Å². The average molecular weight is 297 g/mol. The van der Waals surface area contributed by atoms with Gasteiger partial charge in [-0.2, -0.15) is 0 Å². The molecule has 0 spiro atoms. The van der Waals surface area contributed by atoms with E-state index in [2.05, 4.69) is 54.3 Å². The molecule has 0 saturated heterocycles. The van der Waals surface area contributed by atoms with E-state index in [4.69, 9.17) is 0 Å². The first-order valence-corrected chi connectivity index (χ1v) is 7.95. The van der Waals surface area contributed by atoms with Gasteiger partial charge in [0, 0.05) is 35.2 Å². The van der Waals surface area contributed by atoms with Gasteiger partial charge in [-0.1, -0.05) is 24.3 Å². The van der Waals surface area contributed by atoms with Gasteiger partial charge in [0.1, 0.15) is 0 Å². The molecule has 0 amide bonds. The smallest absolute Gasteiger partial charge is 0.0900 e. The normalized spacial score (nSPS) is 12.7. The number of hydrogen-bond acceptors (Lipinski definition) is 4. The van der Waals surface area contributed by atoms with Gasteiger partial charge >= 0.3 is 0 Å². The summed E-state index contributed by atoms with van der Waals surface area (Å²) >= 11 is 1.77. The summed E-state index contributed by atoms with van der Waals surface area (Å²) in [6.07, 6.45) is 3.87. The van der Waals surface area contributed by atoms with Crippen LogP contribution in [0.3, 0.4) is 0 Å². The lowest BCUT2D eigenvalue weighted by Gasteiger charge is -2.14. The van der Waals surface area contributed by atoms with Crippen molar-refractivity contribution in [2.24, 2.45) is 0 Å². The molecule has 0 aliphatic rings. The Balaban J connectivity index is 1.79. The average Bonchev–Trinajstić information content (AvgIpc) is 2.83. The minimum atomic E-state index is 0.301. The molecule has 2 heterocycles. The first-order valence-electron chi connectivity index (χ1n) is 7.14. The molecule has 0 radical (unpaired) electrons. The van der Waals surface area contributed by atoms with Crippen LogP contribution in [0.2, 0.25) is 0 Å². The van der Waals surface area contributed by atoms with Crippen LogP contribution in [0.25, 0.3) is 10.8 Å². The number of aromatic nitrogens is 2. The summed E-state index contributed by atoms with van der Waals surface area (Å²) in [5.74, 6) is 0. The van der Waals surface area contributed by atoms with E-state index in [1.807, 2.05) is 18.5 Å². The zero-order valence-corrected chi connectivity index (χ0v) is 13.4. The molecule has 4 heteroatoms. The number of rotatable bonds is 4. The summed E-state index contributed by atoms with van der Waals surface area (Å²) in [6.45, 7) is 7.14. The van der Waals surface area contributed by atoms with Gasteiger partial charge < -0.3 is 5.32 Å². The third-order valence-corrected chi connectivity index (χ3v) is 4.94. The molecule has 1 aromatic carbocycles. The van der Waals surface area contributed by atoms with Crippen molar-refractivity contribution in [2.45, 2.75) is 33.4 Å². The van der Waals surface area contributed by atoms with Crippen molar-refractivity contribution < 1.29 is 0 Å². The number of pyridine rings is 1. The molecular formula is C17H19N3S. The second kappa shape index (κ2) is 5.92. The molecule has 0 aliphatic carbocycles. The summed E-state index contributed by atoms with van der Waals surface area (Å²) in [5.41, 5.74) is 2.37. The Morgan fingerprint density at radius 2 is 2.00 bits per heavy atom. The van der Waals surface area contributed by atoms with Gasteiger partial charge in [0.2, 0.25) is 0 Å². The van der Waals surface area contributed by atoms with Crippen molar-refractivity contribution >= 4 is 22.1 Å². The second-order valence-electron chi connectivity index (χ2n) is 5.30. The Hall–Kier alpha value is -1.78. The number of nitrogens with zero attached hydrogens (tertiary/aromatic N) is 2. The van der Waals surface area contributed by atoms with E-state index in [0.717, 1.165) is 17.2 Å². The Bertz CT molecular complexity index is 758. The van der Waals surface area contributed by atoms with Crippen molar-refractivity contribution in [2.75, 3.05) is 0 Å². The topological polar surface area (TPSA) is 37.8 Å². The van der Waals surface area contributed by atoms with Crippen LogP contribution in [0.4, 0.5) is 0 Å². The fourth-order valence-corrected chi connectivity index (χ4v) is 3.58. The van der Waals surface area contributed by atoms with E-state index in [9.17, 15) is 0 Å². The summed E-state index contributed by atoms with van der Waals surface area (Å²) in [4.78, 5) is 10.2. The predicted octanol–water partition coefficient (Wildman–Crippen LogP) is 4.16. The van der Waals surface area contributed by atoms with Crippen molar-refractivity contribution in [3.63, 3.8) is 0 Å². The second-order valence-corrected chi connectivity index (χ2v) is 6.54. The molecule has 0 fully saturated rings. The van der Waals surface area contributed by atoms with Crippen LogP contribution in [0, 0.1) is 13.8 Å². The molecule has 3 rings (SSSR count). The van der Waals surface area contributed by atoms with Crippen molar-refractivity contribution in [3.8, 4) is 0 Å². The number of hydrogen-bond donors (Lipinski definition) is 1. The SMILES string of the molecule is Cc1nc(C)c(C(C)NCc2cncc3ccccc23)s1. The first kappa shape index (κ1) is 14.2. The summed E-state index contributed by atoms with van der Waals surface area (Å²) in [7, 11) is 0. The van der Waals surface area contributed by atoms with Gasteiger partial charge in [0.05, 0.1) is 10.7 Å². The van der Waals surface area contributed by atoms with Crippen LogP contribution in [0.5, 0.6) is 0 Å². The lowest BCUT2D eigenvalue weighted by molar-refractivity contribution is 0.580. The highest BCUT2D eigenvalue weighted by Gasteiger charge is 2.12. The first-order chi connectivity index (χ1) is 10.1. The van der Waals surface area contributed by atoms with Crippen LogP contribution in [-0.2, 0) is 6.54 Å². The van der Waals surface area contributed by atoms with E-state index >= 15 is 0 Å². The number of benzene rings is 1. The number of fused-ring (bicyclic) bond motifs is 1. The monoisotopic (exact) mass is 297 g/mol. The van der Waals surface area contributed by atoms with Crippen molar-refractivity contribution in [1.82, 2.24) is 15.3 Å². The van der Waals surface area contributed by atoms with Gasteiger partial charge in [-0.25, -0.2) is 4.98 Å². The zero-order valence-electron chi connectivity index (χ0n) is 12.6. The van der Waals surface area contributed by atoms with E-state index in [0.29, 0.717) is 6.04 Å².